The summed E-state index contributed by atoms with van der Waals surface area (Å²) in [5.41, 5.74) is 0.298. The molecule has 0 bridgehead atoms. The van der Waals surface area contributed by atoms with Gasteiger partial charge in [-0.3, -0.25) is 4.79 Å². The SMILES string of the molecule is C[C@@H]1O[C@@H](OC(=O)[C@]23CCC(C)(C)C[C@H]2C2=CC[C@@H]4[C@@]5(C)CC[C@H](O[C@@H]6O[C@@H](C)[C@H](O)[C@@H](O)[C@H]6O)C(C)(C)[C@@H]5CC[C@@]4(C)[C@]2(C)CC3)[C@H](O)[C@H](O)[C@H]1O. The average molecular weight is 749 g/mol. The zero-order valence-electron chi connectivity index (χ0n) is 33.5. The van der Waals surface area contributed by atoms with E-state index in [9.17, 15) is 35.4 Å². The van der Waals surface area contributed by atoms with Crippen LogP contribution in [0, 0.1) is 50.2 Å². The van der Waals surface area contributed by atoms with Crippen molar-refractivity contribution in [1.29, 1.82) is 0 Å². The second-order valence-corrected chi connectivity index (χ2v) is 20.6. The van der Waals surface area contributed by atoms with Gasteiger partial charge in [-0.1, -0.05) is 60.1 Å². The van der Waals surface area contributed by atoms with E-state index >= 15 is 0 Å². The van der Waals surface area contributed by atoms with Gasteiger partial charge in [-0.05, 0) is 123 Å². The second kappa shape index (κ2) is 13.2. The predicted molar refractivity (Wildman–Crippen MR) is 195 cm³/mol. The fourth-order valence-electron chi connectivity index (χ4n) is 13.5. The maximum atomic E-state index is 14.5. The van der Waals surface area contributed by atoms with Gasteiger partial charge in [0.25, 0.3) is 0 Å². The zero-order chi connectivity index (χ0) is 38.8. The Bertz CT molecular complexity index is 1450. The molecule has 7 aliphatic rings. The molecule has 0 aromatic heterocycles. The first kappa shape index (κ1) is 40.1. The molecule has 11 nitrogen and oxygen atoms in total. The average Bonchev–Trinajstić information content (AvgIpc) is 3.08. The Morgan fingerprint density at radius 1 is 0.698 bits per heavy atom. The highest BCUT2D eigenvalue weighted by atomic mass is 16.7. The first-order chi connectivity index (χ1) is 24.5. The Hall–Kier alpha value is -1.15. The van der Waals surface area contributed by atoms with Crippen LogP contribution in [0.15, 0.2) is 11.6 Å². The van der Waals surface area contributed by atoms with Crippen LogP contribution in [0.5, 0.6) is 0 Å². The highest BCUT2D eigenvalue weighted by molar-refractivity contribution is 5.79. The summed E-state index contributed by atoms with van der Waals surface area (Å²) in [5.74, 6) is 0.372. The second-order valence-electron chi connectivity index (χ2n) is 20.6. The number of carbonyl (C=O) groups is 1. The smallest absolute Gasteiger partial charge is 0.315 e. The Balaban J connectivity index is 1.16. The van der Waals surface area contributed by atoms with E-state index in [1.807, 2.05) is 0 Å². The molecule has 0 unspecified atom stereocenters. The van der Waals surface area contributed by atoms with Gasteiger partial charge in [-0.15, -0.1) is 0 Å². The van der Waals surface area contributed by atoms with E-state index in [-0.39, 0.29) is 45.1 Å². The van der Waals surface area contributed by atoms with Crippen molar-refractivity contribution in [1.82, 2.24) is 0 Å². The first-order valence-electron chi connectivity index (χ1n) is 20.5. The number of rotatable bonds is 4. The predicted octanol–water partition coefficient (Wildman–Crippen LogP) is 4.37. The third kappa shape index (κ3) is 5.86. The Morgan fingerprint density at radius 3 is 1.92 bits per heavy atom. The highest BCUT2D eigenvalue weighted by Gasteiger charge is 2.70. The van der Waals surface area contributed by atoms with Crippen LogP contribution in [0.2, 0.25) is 0 Å². The van der Waals surface area contributed by atoms with Gasteiger partial charge < -0.3 is 49.6 Å². The summed E-state index contributed by atoms with van der Waals surface area (Å²) in [7, 11) is 0. The summed E-state index contributed by atoms with van der Waals surface area (Å²) >= 11 is 0. The van der Waals surface area contributed by atoms with E-state index in [0.717, 1.165) is 51.4 Å². The summed E-state index contributed by atoms with van der Waals surface area (Å²) in [6.07, 6.45) is -0.881. The Labute approximate surface area is 315 Å². The van der Waals surface area contributed by atoms with E-state index in [1.54, 1.807) is 13.8 Å². The standard InChI is InChI=1S/C42H68O11/c1-21-28(43)30(45)32(47)34(50-21)52-27-13-14-39(7)25(38(27,5)6)12-15-41(9)26(39)11-10-23-24-20-37(3,4)16-18-42(24,19-17-40(23,41)8)36(49)53-35-33(48)31(46)29(44)22(2)51-35/h10,21-22,24-35,43-48H,11-20H2,1-9H3/t21-,22-,24-,25-,26+,27-,28-,29-,30+,31+,32+,33+,34-,35-,39-,40+,41+,42-/m0/s1. The number of aliphatic hydroxyl groups is 6. The lowest BCUT2D eigenvalue weighted by Crippen LogP contribution is -2.66. The van der Waals surface area contributed by atoms with Crippen molar-refractivity contribution in [2.75, 3.05) is 0 Å². The normalized spacial score (nSPS) is 54.7. The van der Waals surface area contributed by atoms with Crippen molar-refractivity contribution in [2.45, 2.75) is 194 Å². The number of fused-ring (bicyclic) bond motifs is 7. The van der Waals surface area contributed by atoms with Gasteiger partial charge in [-0.2, -0.15) is 0 Å². The van der Waals surface area contributed by atoms with E-state index in [1.165, 1.54) is 5.57 Å². The van der Waals surface area contributed by atoms with Crippen molar-refractivity contribution in [2.24, 2.45) is 50.2 Å². The van der Waals surface area contributed by atoms with Crippen LogP contribution < -0.4 is 0 Å². The summed E-state index contributed by atoms with van der Waals surface area (Å²) in [5, 5.41) is 63.0. The molecule has 18 atom stereocenters. The van der Waals surface area contributed by atoms with Crippen molar-refractivity contribution in [3.8, 4) is 0 Å². The molecule has 302 valence electrons. The Morgan fingerprint density at radius 2 is 1.28 bits per heavy atom. The number of esters is 1. The van der Waals surface area contributed by atoms with E-state index in [4.69, 9.17) is 18.9 Å². The third-order valence-corrected chi connectivity index (χ3v) is 17.1. The van der Waals surface area contributed by atoms with Crippen LogP contribution in [-0.2, 0) is 23.7 Å². The number of hydrogen-bond acceptors (Lipinski definition) is 11. The molecular weight excluding hydrogens is 680 g/mol. The number of aliphatic hydroxyl groups excluding tert-OH is 6. The minimum Gasteiger partial charge on any atom is -0.432 e. The van der Waals surface area contributed by atoms with Crippen molar-refractivity contribution in [3.05, 3.63) is 11.6 Å². The molecule has 0 aromatic rings. The maximum absolute atomic E-state index is 14.5. The molecule has 5 aliphatic carbocycles. The number of hydrogen-bond donors (Lipinski definition) is 6. The lowest BCUT2D eigenvalue weighted by molar-refractivity contribution is -0.324. The van der Waals surface area contributed by atoms with Crippen molar-refractivity contribution >= 4 is 5.97 Å². The largest absolute Gasteiger partial charge is 0.432 e. The summed E-state index contributed by atoms with van der Waals surface area (Å²) in [6, 6.07) is 0. The van der Waals surface area contributed by atoms with Crippen LogP contribution in [-0.4, -0.2) is 104 Å². The van der Waals surface area contributed by atoms with Crippen LogP contribution in [0.25, 0.3) is 0 Å². The topological polar surface area (TPSA) is 175 Å². The minimum atomic E-state index is -1.54. The molecule has 6 fully saturated rings. The molecule has 6 N–H and O–H groups in total. The Kier molecular flexibility index (Phi) is 9.98. The van der Waals surface area contributed by atoms with E-state index in [0.29, 0.717) is 24.7 Å². The molecule has 2 aliphatic heterocycles. The summed E-state index contributed by atoms with van der Waals surface area (Å²) in [4.78, 5) is 14.5. The molecule has 53 heavy (non-hydrogen) atoms. The van der Waals surface area contributed by atoms with Gasteiger partial charge in [0.1, 0.15) is 36.6 Å². The van der Waals surface area contributed by atoms with Crippen LogP contribution in [0.4, 0.5) is 0 Å². The van der Waals surface area contributed by atoms with Gasteiger partial charge in [-0.25, -0.2) is 0 Å². The summed E-state index contributed by atoms with van der Waals surface area (Å²) in [6.45, 7) is 19.9. The minimum absolute atomic E-state index is 0.0134. The van der Waals surface area contributed by atoms with Gasteiger partial charge in [0.05, 0.1) is 23.7 Å². The lowest BCUT2D eigenvalue weighted by Gasteiger charge is -2.71. The molecule has 7 rings (SSSR count). The van der Waals surface area contributed by atoms with Gasteiger partial charge >= 0.3 is 5.97 Å². The molecule has 0 amide bonds. The fraction of sp³-hybridized carbons (Fsp3) is 0.929. The maximum Gasteiger partial charge on any atom is 0.315 e. The zero-order valence-corrected chi connectivity index (χ0v) is 33.5. The van der Waals surface area contributed by atoms with Gasteiger partial charge in [0, 0.05) is 0 Å². The van der Waals surface area contributed by atoms with Crippen molar-refractivity contribution in [3.63, 3.8) is 0 Å². The van der Waals surface area contributed by atoms with Crippen LogP contribution in [0.1, 0.15) is 127 Å². The highest BCUT2D eigenvalue weighted by Crippen LogP contribution is 2.76. The monoisotopic (exact) mass is 748 g/mol. The lowest BCUT2D eigenvalue weighted by atomic mass is 9.33. The molecule has 0 spiro atoms. The number of ether oxygens (including phenoxy) is 4. The fourth-order valence-corrected chi connectivity index (χ4v) is 13.5. The quantitative estimate of drug-likeness (QED) is 0.137. The first-order valence-corrected chi connectivity index (χ1v) is 20.5. The van der Waals surface area contributed by atoms with E-state index < -0.39 is 66.8 Å². The van der Waals surface area contributed by atoms with E-state index in [2.05, 4.69) is 54.5 Å². The number of carbonyl (C=O) groups excluding carboxylic acids is 1. The number of allylic oxidation sites excluding steroid dienone is 2. The molecule has 4 saturated carbocycles. The van der Waals surface area contributed by atoms with Crippen molar-refractivity contribution < 1.29 is 54.4 Å². The molecule has 0 aromatic carbocycles. The molecule has 2 heterocycles. The van der Waals surface area contributed by atoms with Gasteiger partial charge in [0.15, 0.2) is 6.29 Å². The van der Waals surface area contributed by atoms with Crippen LogP contribution >= 0.6 is 0 Å². The van der Waals surface area contributed by atoms with Crippen LogP contribution in [0.3, 0.4) is 0 Å². The summed E-state index contributed by atoms with van der Waals surface area (Å²) < 4.78 is 24.2. The molecule has 2 saturated heterocycles. The van der Waals surface area contributed by atoms with Gasteiger partial charge in [0.2, 0.25) is 6.29 Å². The molecule has 11 heteroatoms. The molecular formula is C42H68O11. The third-order valence-electron chi connectivity index (χ3n) is 17.1. The molecule has 0 radical (unpaired) electrons.